The lowest BCUT2D eigenvalue weighted by molar-refractivity contribution is -0.129. The second-order valence-electron chi connectivity index (χ2n) is 6.82. The van der Waals surface area contributed by atoms with Crippen molar-refractivity contribution < 1.29 is 4.79 Å². The minimum absolute atomic E-state index is 0.0425. The van der Waals surface area contributed by atoms with Gasteiger partial charge in [-0.3, -0.25) is 4.79 Å². The van der Waals surface area contributed by atoms with Crippen molar-refractivity contribution in [2.75, 3.05) is 6.54 Å². The summed E-state index contributed by atoms with van der Waals surface area (Å²) >= 11 is 0. The molecule has 0 aliphatic rings. The normalized spacial score (nSPS) is 11.2. The molecule has 0 unspecified atom stereocenters. The molecule has 2 heterocycles. The molecule has 0 spiro atoms. The van der Waals surface area contributed by atoms with E-state index in [2.05, 4.69) is 46.7 Å². The van der Waals surface area contributed by atoms with E-state index in [1.807, 2.05) is 35.2 Å². The Morgan fingerprint density at radius 3 is 2.70 bits per heavy atom. The van der Waals surface area contributed by atoms with Gasteiger partial charge in [0, 0.05) is 31.0 Å². The average Bonchev–Trinajstić information content (AvgIpc) is 3.15. The van der Waals surface area contributed by atoms with Crippen molar-refractivity contribution in [3.05, 3.63) is 71.3 Å². The zero-order chi connectivity index (χ0) is 18.8. The number of benzene rings is 2. The molecule has 2 aromatic heterocycles. The summed E-state index contributed by atoms with van der Waals surface area (Å²) in [7, 11) is 0. The maximum absolute atomic E-state index is 12.2. The fourth-order valence-corrected chi connectivity index (χ4v) is 3.36. The van der Waals surface area contributed by atoms with Crippen molar-refractivity contribution in [2.24, 2.45) is 0 Å². The van der Waals surface area contributed by atoms with Gasteiger partial charge in [0.1, 0.15) is 0 Å². The molecule has 6 heteroatoms. The summed E-state index contributed by atoms with van der Waals surface area (Å²) in [6.07, 6.45) is 0.814. The van der Waals surface area contributed by atoms with Gasteiger partial charge in [-0.05, 0) is 47.5 Å². The minimum Gasteiger partial charge on any atom is -0.338 e. The van der Waals surface area contributed by atoms with Crippen LogP contribution in [-0.2, 0) is 17.8 Å². The molecule has 27 heavy (non-hydrogen) atoms. The van der Waals surface area contributed by atoms with Gasteiger partial charge in [-0.2, -0.15) is 4.52 Å². The van der Waals surface area contributed by atoms with Crippen LogP contribution in [0.5, 0.6) is 0 Å². The molecule has 2 aromatic carbocycles. The number of tetrazole rings is 1. The van der Waals surface area contributed by atoms with E-state index in [4.69, 9.17) is 0 Å². The first-order valence-electron chi connectivity index (χ1n) is 9.01. The molecule has 4 aromatic rings. The SMILES string of the molecule is CC(=O)N(CCc1ccccc1)Cc1cc2cc(C)ccc2n2nnnc12. The number of nitrogens with zero attached hydrogens (tertiary/aromatic N) is 5. The van der Waals surface area contributed by atoms with Crippen molar-refractivity contribution in [1.29, 1.82) is 0 Å². The van der Waals surface area contributed by atoms with Crippen LogP contribution >= 0.6 is 0 Å². The summed E-state index contributed by atoms with van der Waals surface area (Å²) in [6.45, 7) is 4.80. The monoisotopic (exact) mass is 359 g/mol. The molecular weight excluding hydrogens is 338 g/mol. The predicted octanol–water partition coefficient (Wildman–Crippen LogP) is 3.18. The number of hydrogen-bond acceptors (Lipinski definition) is 4. The maximum atomic E-state index is 12.2. The number of pyridine rings is 1. The van der Waals surface area contributed by atoms with Crippen LogP contribution in [0, 0.1) is 6.92 Å². The van der Waals surface area contributed by atoms with E-state index >= 15 is 0 Å². The second kappa shape index (κ2) is 7.15. The van der Waals surface area contributed by atoms with Crippen LogP contribution in [0.15, 0.2) is 54.6 Å². The first-order chi connectivity index (χ1) is 13.1. The largest absolute Gasteiger partial charge is 0.338 e. The van der Waals surface area contributed by atoms with Crippen molar-refractivity contribution in [3.8, 4) is 0 Å². The van der Waals surface area contributed by atoms with Crippen molar-refractivity contribution in [2.45, 2.75) is 26.8 Å². The lowest BCUT2D eigenvalue weighted by atomic mass is 10.1. The molecule has 0 saturated heterocycles. The van der Waals surface area contributed by atoms with E-state index in [9.17, 15) is 4.79 Å². The molecule has 0 fully saturated rings. The number of aromatic nitrogens is 4. The summed E-state index contributed by atoms with van der Waals surface area (Å²) in [5, 5.41) is 13.2. The van der Waals surface area contributed by atoms with Crippen LogP contribution in [0.4, 0.5) is 0 Å². The number of aryl methyl sites for hydroxylation is 1. The van der Waals surface area contributed by atoms with Gasteiger partial charge in [0.05, 0.1) is 5.52 Å². The lowest BCUT2D eigenvalue weighted by Crippen LogP contribution is -2.30. The fourth-order valence-electron chi connectivity index (χ4n) is 3.36. The average molecular weight is 359 g/mol. The first kappa shape index (κ1) is 17.1. The Kier molecular flexibility index (Phi) is 4.54. The molecule has 6 nitrogen and oxygen atoms in total. The molecule has 136 valence electrons. The second-order valence-corrected chi connectivity index (χ2v) is 6.82. The summed E-state index contributed by atoms with van der Waals surface area (Å²) in [5.41, 5.74) is 4.99. The first-order valence-corrected chi connectivity index (χ1v) is 9.01. The van der Waals surface area contributed by atoms with Crippen LogP contribution in [0.2, 0.25) is 0 Å². The highest BCUT2D eigenvalue weighted by molar-refractivity contribution is 5.84. The Labute approximate surface area is 157 Å². The highest BCUT2D eigenvalue weighted by Gasteiger charge is 2.15. The highest BCUT2D eigenvalue weighted by atomic mass is 16.2. The number of hydrogen-bond donors (Lipinski definition) is 0. The van der Waals surface area contributed by atoms with Gasteiger partial charge in [0.15, 0.2) is 5.65 Å². The van der Waals surface area contributed by atoms with E-state index < -0.39 is 0 Å². The minimum atomic E-state index is 0.0425. The van der Waals surface area contributed by atoms with E-state index in [0.29, 0.717) is 18.7 Å². The fraction of sp³-hybridized carbons (Fsp3) is 0.238. The van der Waals surface area contributed by atoms with E-state index in [1.165, 1.54) is 11.1 Å². The van der Waals surface area contributed by atoms with E-state index in [0.717, 1.165) is 22.9 Å². The van der Waals surface area contributed by atoms with Crippen molar-refractivity contribution in [3.63, 3.8) is 0 Å². The Hall–Kier alpha value is -3.28. The lowest BCUT2D eigenvalue weighted by Gasteiger charge is -2.21. The number of carbonyl (C=O) groups excluding carboxylic acids is 1. The molecule has 4 rings (SSSR count). The van der Waals surface area contributed by atoms with Crippen LogP contribution < -0.4 is 0 Å². The van der Waals surface area contributed by atoms with Gasteiger partial charge in [-0.1, -0.05) is 42.0 Å². The van der Waals surface area contributed by atoms with E-state index in [-0.39, 0.29) is 5.91 Å². The van der Waals surface area contributed by atoms with Gasteiger partial charge < -0.3 is 4.90 Å². The van der Waals surface area contributed by atoms with Crippen LogP contribution in [-0.4, -0.2) is 37.4 Å². The number of amides is 1. The Morgan fingerprint density at radius 1 is 1.11 bits per heavy atom. The predicted molar refractivity (Wildman–Crippen MR) is 104 cm³/mol. The van der Waals surface area contributed by atoms with Crippen molar-refractivity contribution >= 4 is 22.5 Å². The van der Waals surface area contributed by atoms with Crippen LogP contribution in [0.3, 0.4) is 0 Å². The molecule has 0 bridgehead atoms. The zero-order valence-electron chi connectivity index (χ0n) is 15.5. The Morgan fingerprint density at radius 2 is 1.93 bits per heavy atom. The third-order valence-corrected chi connectivity index (χ3v) is 4.82. The highest BCUT2D eigenvalue weighted by Crippen LogP contribution is 2.21. The third-order valence-electron chi connectivity index (χ3n) is 4.82. The molecule has 0 saturated carbocycles. The van der Waals surface area contributed by atoms with Gasteiger partial charge in [-0.25, -0.2) is 0 Å². The Bertz CT molecular complexity index is 1100. The third kappa shape index (κ3) is 3.51. The molecule has 1 amide bonds. The van der Waals surface area contributed by atoms with E-state index in [1.54, 1.807) is 11.4 Å². The number of rotatable bonds is 5. The molecule has 0 aliphatic heterocycles. The summed E-state index contributed by atoms with van der Waals surface area (Å²) in [6, 6.07) is 18.5. The molecule has 0 radical (unpaired) electrons. The Balaban J connectivity index is 1.66. The van der Waals surface area contributed by atoms with Gasteiger partial charge in [0.25, 0.3) is 0 Å². The van der Waals surface area contributed by atoms with Crippen LogP contribution in [0.1, 0.15) is 23.6 Å². The van der Waals surface area contributed by atoms with Gasteiger partial charge in [-0.15, -0.1) is 5.10 Å². The smallest absolute Gasteiger partial charge is 0.219 e. The molecule has 0 aliphatic carbocycles. The van der Waals surface area contributed by atoms with Gasteiger partial charge >= 0.3 is 0 Å². The molecular formula is C21H21N5O. The number of carbonyl (C=O) groups is 1. The zero-order valence-corrected chi connectivity index (χ0v) is 15.5. The topological polar surface area (TPSA) is 63.4 Å². The molecule has 0 N–H and O–H groups in total. The number of fused-ring (bicyclic) bond motifs is 3. The van der Waals surface area contributed by atoms with Gasteiger partial charge in [0.2, 0.25) is 5.91 Å². The quantitative estimate of drug-likeness (QED) is 0.549. The maximum Gasteiger partial charge on any atom is 0.219 e. The summed E-state index contributed by atoms with van der Waals surface area (Å²) < 4.78 is 1.75. The standard InChI is InChI=1S/C21H21N5O/c1-15-8-9-20-18(12-15)13-19(21-22-23-24-26(20)21)14-25(16(2)27)11-10-17-6-4-3-5-7-17/h3-9,12-13H,10-11,14H2,1-2H3. The van der Waals surface area contributed by atoms with Crippen molar-refractivity contribution in [1.82, 2.24) is 24.9 Å². The molecule has 0 atom stereocenters. The van der Waals surface area contributed by atoms with Crippen LogP contribution in [0.25, 0.3) is 16.6 Å². The summed E-state index contributed by atoms with van der Waals surface area (Å²) in [4.78, 5) is 14.1. The summed E-state index contributed by atoms with van der Waals surface area (Å²) in [5.74, 6) is 0.0425.